The fourth-order valence-electron chi connectivity index (χ4n) is 1.07. The number of carbonyl (C=O) groups excluding carboxylic acids is 1. The van der Waals surface area contributed by atoms with Crippen molar-refractivity contribution in [2.75, 3.05) is 13.2 Å². The Morgan fingerprint density at radius 1 is 1.69 bits per heavy atom. The standard InChI is InChI=1S/C9H14O3.CH4/c1-7(2)9(10)12-6-8-4-3-5-11-8;/h8H,1,3-6H2,2H3;1H4. The molecular formula is C10H18O3. The molecule has 0 aromatic heterocycles. The van der Waals surface area contributed by atoms with Crippen molar-refractivity contribution in [3.63, 3.8) is 0 Å². The highest BCUT2D eigenvalue weighted by molar-refractivity contribution is 5.86. The molecule has 1 aliphatic rings. The van der Waals surface area contributed by atoms with Crippen molar-refractivity contribution in [2.45, 2.75) is 33.3 Å². The van der Waals surface area contributed by atoms with Gasteiger partial charge in [0.2, 0.25) is 0 Å². The highest BCUT2D eigenvalue weighted by Crippen LogP contribution is 2.12. The lowest BCUT2D eigenvalue weighted by atomic mass is 10.2. The van der Waals surface area contributed by atoms with E-state index in [1.54, 1.807) is 6.92 Å². The van der Waals surface area contributed by atoms with Crippen LogP contribution in [-0.4, -0.2) is 25.3 Å². The number of rotatable bonds is 3. The van der Waals surface area contributed by atoms with Crippen LogP contribution in [0, 0.1) is 0 Å². The van der Waals surface area contributed by atoms with Gasteiger partial charge in [-0.25, -0.2) is 4.79 Å². The van der Waals surface area contributed by atoms with Gasteiger partial charge in [-0.05, 0) is 19.8 Å². The predicted molar refractivity (Wildman–Crippen MR) is 51.5 cm³/mol. The fourth-order valence-corrected chi connectivity index (χ4v) is 1.07. The van der Waals surface area contributed by atoms with Gasteiger partial charge >= 0.3 is 5.97 Å². The molecule has 0 aromatic carbocycles. The molecule has 0 N–H and O–H groups in total. The molecule has 0 spiro atoms. The first-order valence-corrected chi connectivity index (χ1v) is 4.14. The highest BCUT2D eigenvalue weighted by atomic mass is 16.6. The van der Waals surface area contributed by atoms with Gasteiger partial charge in [-0.3, -0.25) is 0 Å². The van der Waals surface area contributed by atoms with E-state index < -0.39 is 0 Å². The van der Waals surface area contributed by atoms with Crippen LogP contribution >= 0.6 is 0 Å². The van der Waals surface area contributed by atoms with Crippen LogP contribution < -0.4 is 0 Å². The molecule has 13 heavy (non-hydrogen) atoms. The Hall–Kier alpha value is -0.830. The average molecular weight is 186 g/mol. The summed E-state index contributed by atoms with van der Waals surface area (Å²) < 4.78 is 10.2. The Kier molecular flexibility index (Phi) is 5.39. The van der Waals surface area contributed by atoms with Gasteiger partial charge in [0.15, 0.2) is 0 Å². The summed E-state index contributed by atoms with van der Waals surface area (Å²) in [5.41, 5.74) is 0.438. The first-order chi connectivity index (χ1) is 5.70. The first-order valence-electron chi connectivity index (χ1n) is 4.14. The van der Waals surface area contributed by atoms with Crippen molar-refractivity contribution in [3.05, 3.63) is 12.2 Å². The summed E-state index contributed by atoms with van der Waals surface area (Å²) >= 11 is 0. The maximum absolute atomic E-state index is 10.9. The van der Waals surface area contributed by atoms with E-state index in [2.05, 4.69) is 6.58 Å². The van der Waals surface area contributed by atoms with Crippen molar-refractivity contribution in [3.8, 4) is 0 Å². The molecule has 0 radical (unpaired) electrons. The summed E-state index contributed by atoms with van der Waals surface area (Å²) in [5.74, 6) is -0.328. The number of esters is 1. The zero-order valence-corrected chi connectivity index (χ0v) is 7.34. The van der Waals surface area contributed by atoms with Gasteiger partial charge in [-0.15, -0.1) is 0 Å². The number of hydrogen-bond acceptors (Lipinski definition) is 3. The Balaban J connectivity index is 0.00000144. The second kappa shape index (κ2) is 5.75. The molecule has 0 bridgehead atoms. The topological polar surface area (TPSA) is 35.5 Å². The smallest absolute Gasteiger partial charge is 0.333 e. The monoisotopic (exact) mass is 186 g/mol. The van der Waals surface area contributed by atoms with Crippen LogP contribution in [0.1, 0.15) is 27.2 Å². The van der Waals surface area contributed by atoms with Crippen LogP contribution in [0.2, 0.25) is 0 Å². The van der Waals surface area contributed by atoms with Crippen LogP contribution in [0.3, 0.4) is 0 Å². The third kappa shape index (κ3) is 4.08. The molecule has 1 saturated heterocycles. The normalized spacial score (nSPS) is 20.5. The fraction of sp³-hybridized carbons (Fsp3) is 0.700. The number of ether oxygens (including phenoxy) is 2. The Labute approximate surface area is 79.7 Å². The van der Waals surface area contributed by atoms with Crippen LogP contribution in [-0.2, 0) is 14.3 Å². The molecule has 1 aliphatic heterocycles. The third-order valence-electron chi connectivity index (χ3n) is 1.77. The minimum Gasteiger partial charge on any atom is -0.460 e. The summed E-state index contributed by atoms with van der Waals surface area (Å²) in [7, 11) is 0. The van der Waals surface area contributed by atoms with E-state index in [1.807, 2.05) is 0 Å². The molecule has 1 atom stereocenters. The third-order valence-corrected chi connectivity index (χ3v) is 1.77. The second-order valence-corrected chi connectivity index (χ2v) is 3.01. The van der Waals surface area contributed by atoms with Crippen molar-refractivity contribution in [2.24, 2.45) is 0 Å². The minimum absolute atomic E-state index is 0. The van der Waals surface area contributed by atoms with Crippen molar-refractivity contribution >= 4 is 5.97 Å². The quantitative estimate of drug-likeness (QED) is 0.499. The van der Waals surface area contributed by atoms with E-state index in [1.165, 1.54) is 0 Å². The van der Waals surface area contributed by atoms with Crippen LogP contribution in [0.25, 0.3) is 0 Å². The maximum atomic E-state index is 10.9. The largest absolute Gasteiger partial charge is 0.460 e. The van der Waals surface area contributed by atoms with Gasteiger partial charge < -0.3 is 9.47 Å². The maximum Gasteiger partial charge on any atom is 0.333 e. The Morgan fingerprint density at radius 2 is 2.38 bits per heavy atom. The van der Waals surface area contributed by atoms with Crippen molar-refractivity contribution in [1.29, 1.82) is 0 Å². The molecule has 1 rings (SSSR count). The van der Waals surface area contributed by atoms with Gasteiger partial charge in [0.25, 0.3) is 0 Å². The summed E-state index contributed by atoms with van der Waals surface area (Å²) in [4.78, 5) is 10.9. The molecule has 0 saturated carbocycles. The molecular weight excluding hydrogens is 168 g/mol. The van der Waals surface area contributed by atoms with E-state index in [4.69, 9.17) is 9.47 Å². The summed E-state index contributed by atoms with van der Waals surface area (Å²) in [6.07, 6.45) is 2.16. The first kappa shape index (κ1) is 12.2. The SMILES string of the molecule is C.C=C(C)C(=O)OCC1CCCO1. The molecule has 76 valence electrons. The molecule has 1 heterocycles. The van der Waals surface area contributed by atoms with E-state index in [0.717, 1.165) is 19.4 Å². The number of carbonyl (C=O) groups is 1. The lowest BCUT2D eigenvalue weighted by molar-refractivity contribution is -0.142. The van der Waals surface area contributed by atoms with Crippen LogP contribution in [0.5, 0.6) is 0 Å². The molecule has 0 aliphatic carbocycles. The average Bonchev–Trinajstić information content (AvgIpc) is 2.51. The van der Waals surface area contributed by atoms with Gasteiger partial charge in [0.1, 0.15) is 6.61 Å². The Morgan fingerprint density at radius 3 is 2.85 bits per heavy atom. The zero-order chi connectivity index (χ0) is 8.97. The van der Waals surface area contributed by atoms with Crippen molar-refractivity contribution < 1.29 is 14.3 Å². The lowest BCUT2D eigenvalue weighted by Gasteiger charge is -2.09. The molecule has 3 nitrogen and oxygen atoms in total. The molecule has 1 unspecified atom stereocenters. The summed E-state index contributed by atoms with van der Waals surface area (Å²) in [6.45, 7) is 6.28. The van der Waals surface area contributed by atoms with Gasteiger partial charge in [-0.1, -0.05) is 14.0 Å². The summed E-state index contributed by atoms with van der Waals surface area (Å²) in [6, 6.07) is 0. The molecule has 0 amide bonds. The highest BCUT2D eigenvalue weighted by Gasteiger charge is 2.17. The number of hydrogen-bond donors (Lipinski definition) is 0. The predicted octanol–water partition coefficient (Wildman–Crippen LogP) is 1.92. The zero-order valence-electron chi connectivity index (χ0n) is 7.34. The summed E-state index contributed by atoms with van der Waals surface area (Å²) in [5, 5.41) is 0. The van der Waals surface area contributed by atoms with E-state index in [0.29, 0.717) is 12.2 Å². The van der Waals surface area contributed by atoms with Gasteiger partial charge in [0.05, 0.1) is 6.10 Å². The van der Waals surface area contributed by atoms with Gasteiger partial charge in [0, 0.05) is 12.2 Å². The van der Waals surface area contributed by atoms with E-state index >= 15 is 0 Å². The van der Waals surface area contributed by atoms with Crippen molar-refractivity contribution in [1.82, 2.24) is 0 Å². The molecule has 3 heteroatoms. The molecule has 0 aromatic rings. The van der Waals surface area contributed by atoms with Crippen LogP contribution in [0.4, 0.5) is 0 Å². The molecule has 1 fully saturated rings. The second-order valence-electron chi connectivity index (χ2n) is 3.01. The van der Waals surface area contributed by atoms with E-state index in [9.17, 15) is 4.79 Å². The van der Waals surface area contributed by atoms with E-state index in [-0.39, 0.29) is 19.5 Å². The Bertz CT molecular complexity index is 181. The van der Waals surface area contributed by atoms with Crippen LogP contribution in [0.15, 0.2) is 12.2 Å². The van der Waals surface area contributed by atoms with Gasteiger partial charge in [-0.2, -0.15) is 0 Å². The lowest BCUT2D eigenvalue weighted by Crippen LogP contribution is -2.17. The minimum atomic E-state index is -0.328.